The number of imidazole rings is 1. The van der Waals surface area contributed by atoms with Gasteiger partial charge < -0.3 is 24.3 Å². The summed E-state index contributed by atoms with van der Waals surface area (Å²) in [6.07, 6.45) is 0.0379. The zero-order valence-electron chi connectivity index (χ0n) is 22.0. The maximum atomic E-state index is 15.5. The number of nitrogens with one attached hydrogen (secondary N) is 1. The average Bonchev–Trinajstić information content (AvgIpc) is 3.41. The lowest BCUT2D eigenvalue weighted by Crippen LogP contribution is -2.40. The number of hydrogen-bond donors (Lipinski definition) is 1. The Hall–Kier alpha value is -4.15. The van der Waals surface area contributed by atoms with Gasteiger partial charge in [-0.15, -0.1) is 0 Å². The molecule has 38 heavy (non-hydrogen) atoms. The molecule has 1 aromatic carbocycles. The summed E-state index contributed by atoms with van der Waals surface area (Å²) in [6, 6.07) is 8.29. The molecule has 0 aliphatic carbocycles. The van der Waals surface area contributed by atoms with Crippen LogP contribution in [0.15, 0.2) is 35.1 Å². The molecule has 10 nitrogen and oxygen atoms in total. The van der Waals surface area contributed by atoms with Gasteiger partial charge in [-0.3, -0.25) is 9.20 Å². The van der Waals surface area contributed by atoms with Gasteiger partial charge in [-0.1, -0.05) is 12.1 Å². The normalized spacial score (nSPS) is 15.9. The van der Waals surface area contributed by atoms with Crippen molar-refractivity contribution in [3.05, 3.63) is 51.9 Å². The Kier molecular flexibility index (Phi) is 6.24. The Morgan fingerprint density at radius 2 is 1.92 bits per heavy atom. The highest BCUT2D eigenvalue weighted by Gasteiger charge is 2.31. The van der Waals surface area contributed by atoms with Crippen molar-refractivity contribution in [1.82, 2.24) is 19.3 Å². The van der Waals surface area contributed by atoms with Crippen LogP contribution in [-0.2, 0) is 16.5 Å². The molecular weight excluding hydrogens is 493 g/mol. The van der Waals surface area contributed by atoms with Crippen molar-refractivity contribution < 1.29 is 23.5 Å². The lowest BCUT2D eigenvalue weighted by Gasteiger charge is -2.22. The molecule has 1 N–H and O–H groups in total. The molecule has 1 aliphatic heterocycles. The second-order valence-electron chi connectivity index (χ2n) is 10.4. The first-order valence-corrected chi connectivity index (χ1v) is 12.5. The van der Waals surface area contributed by atoms with E-state index >= 15 is 4.39 Å². The van der Waals surface area contributed by atoms with Crippen LogP contribution in [0.2, 0.25) is 0 Å². The molecule has 3 aromatic heterocycles. The van der Waals surface area contributed by atoms with Gasteiger partial charge in [0.25, 0.3) is 0 Å². The third-order valence-corrected chi connectivity index (χ3v) is 6.55. The fourth-order valence-corrected chi connectivity index (χ4v) is 5.01. The van der Waals surface area contributed by atoms with Crippen LogP contribution < -0.4 is 15.6 Å². The number of aryl methyl sites for hydroxylation is 1. The maximum Gasteiger partial charge on any atom is 0.407 e. The monoisotopic (exact) mass is 523 g/mol. The van der Waals surface area contributed by atoms with Crippen LogP contribution in [0.25, 0.3) is 27.7 Å². The summed E-state index contributed by atoms with van der Waals surface area (Å²) in [5, 5.41) is 2.80. The zero-order valence-corrected chi connectivity index (χ0v) is 22.0. The number of para-hydroxylation sites is 2. The number of carbonyl (C=O) groups excluding carboxylic acids is 2. The number of carbonyl (C=O) groups is 2. The average molecular weight is 524 g/mol. The molecule has 1 unspecified atom stereocenters. The Bertz CT molecular complexity index is 1650. The lowest BCUT2D eigenvalue weighted by molar-refractivity contribution is 0.0504. The molecule has 4 heterocycles. The highest BCUT2D eigenvalue weighted by Crippen LogP contribution is 2.29. The van der Waals surface area contributed by atoms with E-state index in [-0.39, 0.29) is 35.1 Å². The number of benzene rings is 1. The fraction of sp³-hybridized carbons (Fsp3) is 0.407. The van der Waals surface area contributed by atoms with E-state index < -0.39 is 28.9 Å². The zero-order chi connectivity index (χ0) is 27.4. The number of fused-ring (bicyclic) bond motifs is 5. The molecule has 4 aromatic rings. The standard InChI is InChI=1S/C27H30FN5O5/c1-6-37-25(35)20-21(34)16-13-17(28)23(32-12-11-15(14-32)29-26(36)38-27(2,3)4)30-22(16)33-19-10-8-7-9-18(19)31(5)24(20)33/h7-10,13,15H,6,11-12,14H2,1-5H3,(H,29,36). The minimum Gasteiger partial charge on any atom is -0.462 e. The van der Waals surface area contributed by atoms with Gasteiger partial charge in [0.1, 0.15) is 16.8 Å². The number of alkyl carbamates (subject to hydrolysis) is 1. The number of esters is 1. The SMILES string of the molecule is CCOC(=O)c1c(=O)c2cc(F)c(N3CCC(NC(=O)OC(C)(C)C)C3)nc2n2c3ccccc3n(C)c12. The molecule has 11 heteroatoms. The van der Waals surface area contributed by atoms with Crippen molar-refractivity contribution in [1.29, 1.82) is 0 Å². The summed E-state index contributed by atoms with van der Waals surface area (Å²) in [6.45, 7) is 7.87. The second kappa shape index (κ2) is 9.30. The molecule has 1 atom stereocenters. The van der Waals surface area contributed by atoms with Crippen LogP contribution in [-0.4, -0.2) is 57.4 Å². The fourth-order valence-electron chi connectivity index (χ4n) is 5.01. The first-order chi connectivity index (χ1) is 18.0. The van der Waals surface area contributed by atoms with Gasteiger partial charge in [-0.25, -0.2) is 19.0 Å². The summed E-state index contributed by atoms with van der Waals surface area (Å²) in [4.78, 5) is 45.1. The number of rotatable bonds is 4. The van der Waals surface area contributed by atoms with E-state index in [1.165, 1.54) is 0 Å². The molecule has 1 aliphatic rings. The Labute approximate surface area is 217 Å². The molecule has 1 amide bonds. The minimum absolute atomic E-state index is 0.0224. The minimum atomic E-state index is -0.775. The smallest absolute Gasteiger partial charge is 0.407 e. The Balaban J connectivity index is 1.64. The van der Waals surface area contributed by atoms with Crippen LogP contribution in [0.4, 0.5) is 15.0 Å². The quantitative estimate of drug-likeness (QED) is 0.406. The van der Waals surface area contributed by atoms with E-state index in [9.17, 15) is 14.4 Å². The molecule has 200 valence electrons. The van der Waals surface area contributed by atoms with Crippen molar-refractivity contribution in [3.63, 3.8) is 0 Å². The van der Waals surface area contributed by atoms with Gasteiger partial charge in [-0.05, 0) is 52.3 Å². The molecule has 0 saturated carbocycles. The predicted molar refractivity (Wildman–Crippen MR) is 141 cm³/mol. The van der Waals surface area contributed by atoms with E-state index in [4.69, 9.17) is 9.47 Å². The lowest BCUT2D eigenvalue weighted by atomic mass is 10.1. The summed E-state index contributed by atoms with van der Waals surface area (Å²) in [5.74, 6) is -1.40. The highest BCUT2D eigenvalue weighted by atomic mass is 19.1. The summed E-state index contributed by atoms with van der Waals surface area (Å²) >= 11 is 0. The van der Waals surface area contributed by atoms with E-state index in [2.05, 4.69) is 10.3 Å². The van der Waals surface area contributed by atoms with Crippen LogP contribution in [0.3, 0.4) is 0 Å². The third-order valence-electron chi connectivity index (χ3n) is 6.55. The van der Waals surface area contributed by atoms with Gasteiger partial charge in [0.05, 0.1) is 29.1 Å². The number of nitrogens with zero attached hydrogens (tertiary/aromatic N) is 4. The molecule has 0 spiro atoms. The Morgan fingerprint density at radius 3 is 2.61 bits per heavy atom. The van der Waals surface area contributed by atoms with Gasteiger partial charge >= 0.3 is 12.1 Å². The number of halogens is 1. The maximum absolute atomic E-state index is 15.5. The van der Waals surface area contributed by atoms with E-state index in [1.54, 1.807) is 48.6 Å². The molecule has 0 bridgehead atoms. The van der Waals surface area contributed by atoms with Crippen LogP contribution in [0, 0.1) is 5.82 Å². The number of ether oxygens (including phenoxy) is 2. The largest absolute Gasteiger partial charge is 0.462 e. The van der Waals surface area contributed by atoms with E-state index in [0.29, 0.717) is 30.7 Å². The first-order valence-electron chi connectivity index (χ1n) is 12.5. The van der Waals surface area contributed by atoms with Crippen molar-refractivity contribution in [2.75, 3.05) is 24.6 Å². The van der Waals surface area contributed by atoms with Crippen LogP contribution in [0.1, 0.15) is 44.5 Å². The van der Waals surface area contributed by atoms with Gasteiger partial charge in [0.2, 0.25) is 5.43 Å². The van der Waals surface area contributed by atoms with Gasteiger partial charge in [-0.2, -0.15) is 0 Å². The number of anilines is 1. The topological polar surface area (TPSA) is 107 Å². The number of aromatic nitrogens is 3. The number of hydrogen-bond acceptors (Lipinski definition) is 7. The Morgan fingerprint density at radius 1 is 1.21 bits per heavy atom. The first kappa shape index (κ1) is 25.5. The predicted octanol–water partition coefficient (Wildman–Crippen LogP) is 3.76. The van der Waals surface area contributed by atoms with Gasteiger partial charge in [0.15, 0.2) is 17.3 Å². The third kappa shape index (κ3) is 4.31. The van der Waals surface area contributed by atoms with Crippen molar-refractivity contribution >= 4 is 45.6 Å². The van der Waals surface area contributed by atoms with E-state index in [1.807, 2.05) is 24.3 Å². The number of amides is 1. The van der Waals surface area contributed by atoms with Crippen LogP contribution >= 0.6 is 0 Å². The molecule has 0 radical (unpaired) electrons. The van der Waals surface area contributed by atoms with Gasteiger partial charge in [0, 0.05) is 20.1 Å². The van der Waals surface area contributed by atoms with Crippen LogP contribution in [0.5, 0.6) is 0 Å². The molecule has 1 fully saturated rings. The number of pyridine rings is 2. The second-order valence-corrected chi connectivity index (χ2v) is 10.4. The molecule has 5 rings (SSSR count). The van der Waals surface area contributed by atoms with Crippen molar-refractivity contribution in [2.45, 2.75) is 45.8 Å². The molecule has 1 saturated heterocycles. The molecular formula is C27H30FN5O5. The van der Waals surface area contributed by atoms with Crippen molar-refractivity contribution in [3.8, 4) is 0 Å². The van der Waals surface area contributed by atoms with Crippen molar-refractivity contribution in [2.24, 2.45) is 7.05 Å². The summed E-state index contributed by atoms with van der Waals surface area (Å²) in [5.41, 5.74) is 0.571. The summed E-state index contributed by atoms with van der Waals surface area (Å²) in [7, 11) is 1.75. The highest BCUT2D eigenvalue weighted by molar-refractivity contribution is 6.03. The summed E-state index contributed by atoms with van der Waals surface area (Å²) < 4.78 is 29.5. The van der Waals surface area contributed by atoms with E-state index in [0.717, 1.165) is 11.6 Å².